The van der Waals surface area contributed by atoms with E-state index in [4.69, 9.17) is 14.2 Å². The van der Waals surface area contributed by atoms with Crippen LogP contribution in [0.1, 0.15) is 32.3 Å². The number of likely N-dealkylation sites (N-methyl/N-ethyl adjacent to an activating group) is 1. The van der Waals surface area contributed by atoms with E-state index < -0.39 is 22.2 Å². The average Bonchev–Trinajstić information content (AvgIpc) is 2.85. The summed E-state index contributed by atoms with van der Waals surface area (Å²) >= 11 is 0. The zero-order valence-electron chi connectivity index (χ0n) is 20.9. The molecule has 2 aliphatic heterocycles. The number of methoxy groups -OCH3 is 1. The average molecular weight is 509 g/mol. The molecule has 1 amide bonds. The van der Waals surface area contributed by atoms with Crippen LogP contribution in [-0.4, -0.2) is 94.5 Å². The van der Waals surface area contributed by atoms with E-state index in [-0.39, 0.29) is 48.1 Å². The molecule has 3 atom stereocenters. The molecule has 1 aromatic carbocycles. The zero-order valence-corrected chi connectivity index (χ0v) is 21.7. The standard InChI is InChI=1S/C25H36N2O7S/c1-18-15-27(19(2)17-28)35(30,31)24-8-7-20(6-5-11-32-4)14-22(24)34-23(18)16-26(3)25(29)21-9-12-33-13-10-21/h7-8,14,18-19,21,23,28H,9-13,15-17H2,1-4H3/t18-,19-,23+/m0/s1. The molecule has 1 saturated heterocycles. The zero-order chi connectivity index (χ0) is 25.6. The summed E-state index contributed by atoms with van der Waals surface area (Å²) in [7, 11) is -0.631. The van der Waals surface area contributed by atoms with Crippen molar-refractivity contribution in [2.24, 2.45) is 11.8 Å². The first-order valence-electron chi connectivity index (χ1n) is 11.9. The van der Waals surface area contributed by atoms with Gasteiger partial charge in [-0.25, -0.2) is 8.42 Å². The number of fused-ring (bicyclic) bond motifs is 1. The lowest BCUT2D eigenvalue weighted by Crippen LogP contribution is -2.50. The summed E-state index contributed by atoms with van der Waals surface area (Å²) < 4.78 is 45.1. The van der Waals surface area contributed by atoms with Crippen molar-refractivity contribution < 1.29 is 32.5 Å². The van der Waals surface area contributed by atoms with Crippen LogP contribution in [0.3, 0.4) is 0 Å². The van der Waals surface area contributed by atoms with E-state index >= 15 is 0 Å². The van der Waals surface area contributed by atoms with Gasteiger partial charge in [0.15, 0.2) is 0 Å². The van der Waals surface area contributed by atoms with Gasteiger partial charge in [-0.1, -0.05) is 18.8 Å². The molecule has 2 aliphatic rings. The molecule has 1 N–H and O–H groups in total. The molecular weight excluding hydrogens is 472 g/mol. The molecular formula is C25H36N2O7S. The van der Waals surface area contributed by atoms with E-state index in [2.05, 4.69) is 11.8 Å². The SMILES string of the molecule is COCC#Cc1ccc2c(c1)O[C@H](CN(C)C(=O)C1CCOCC1)[C@@H](C)CN([C@@H](C)CO)S2(=O)=O. The fraction of sp³-hybridized carbons (Fsp3) is 0.640. The topological polar surface area (TPSA) is 106 Å². The Morgan fingerprint density at radius 2 is 2.06 bits per heavy atom. The fourth-order valence-corrected chi connectivity index (χ4v) is 6.17. The van der Waals surface area contributed by atoms with E-state index in [9.17, 15) is 18.3 Å². The van der Waals surface area contributed by atoms with E-state index in [0.29, 0.717) is 38.2 Å². The van der Waals surface area contributed by atoms with Gasteiger partial charge in [0.1, 0.15) is 23.4 Å². The van der Waals surface area contributed by atoms with Gasteiger partial charge in [0, 0.05) is 57.4 Å². The summed E-state index contributed by atoms with van der Waals surface area (Å²) in [6, 6.07) is 4.12. The molecule has 1 fully saturated rings. The largest absolute Gasteiger partial charge is 0.487 e. The minimum atomic E-state index is -3.93. The normalized spacial score (nSPS) is 23.6. The first-order valence-corrected chi connectivity index (χ1v) is 13.4. The molecule has 2 heterocycles. The molecule has 0 bridgehead atoms. The maximum Gasteiger partial charge on any atom is 0.247 e. The van der Waals surface area contributed by atoms with Crippen LogP contribution < -0.4 is 4.74 Å². The lowest BCUT2D eigenvalue weighted by atomic mass is 9.97. The van der Waals surface area contributed by atoms with Gasteiger partial charge in [0.2, 0.25) is 15.9 Å². The highest BCUT2D eigenvalue weighted by molar-refractivity contribution is 7.89. The van der Waals surface area contributed by atoms with Gasteiger partial charge in [-0.2, -0.15) is 4.31 Å². The van der Waals surface area contributed by atoms with Crippen LogP contribution in [0.25, 0.3) is 0 Å². The predicted molar refractivity (Wildman–Crippen MR) is 130 cm³/mol. The van der Waals surface area contributed by atoms with Crippen LogP contribution in [0.2, 0.25) is 0 Å². The van der Waals surface area contributed by atoms with Gasteiger partial charge in [-0.3, -0.25) is 4.79 Å². The molecule has 0 aliphatic carbocycles. The lowest BCUT2D eigenvalue weighted by Gasteiger charge is -2.38. The third-order valence-electron chi connectivity index (χ3n) is 6.52. The Morgan fingerprint density at radius 1 is 1.34 bits per heavy atom. The highest BCUT2D eigenvalue weighted by atomic mass is 32.2. The number of sulfonamides is 1. The van der Waals surface area contributed by atoms with Gasteiger partial charge in [-0.15, -0.1) is 0 Å². The molecule has 3 rings (SSSR count). The maximum atomic E-state index is 13.5. The van der Waals surface area contributed by atoms with Crippen LogP contribution in [0.15, 0.2) is 23.1 Å². The highest BCUT2D eigenvalue weighted by Crippen LogP contribution is 2.34. The predicted octanol–water partition coefficient (Wildman–Crippen LogP) is 1.34. The second-order valence-electron chi connectivity index (χ2n) is 9.24. The molecule has 35 heavy (non-hydrogen) atoms. The van der Waals surface area contributed by atoms with E-state index in [1.54, 1.807) is 38.1 Å². The number of carbonyl (C=O) groups is 1. The van der Waals surface area contributed by atoms with Gasteiger partial charge in [0.25, 0.3) is 0 Å². The quantitative estimate of drug-likeness (QED) is 0.578. The molecule has 0 saturated carbocycles. The number of nitrogens with zero attached hydrogens (tertiary/aromatic N) is 2. The molecule has 0 spiro atoms. The Kier molecular flexibility index (Phi) is 9.55. The summed E-state index contributed by atoms with van der Waals surface area (Å²) in [5, 5.41) is 9.78. The third-order valence-corrected chi connectivity index (χ3v) is 8.54. The Labute approximate surface area is 208 Å². The maximum absolute atomic E-state index is 13.5. The van der Waals surface area contributed by atoms with Crippen molar-refractivity contribution in [2.75, 3.05) is 53.7 Å². The minimum Gasteiger partial charge on any atom is -0.487 e. The van der Waals surface area contributed by atoms with Crippen LogP contribution in [0, 0.1) is 23.7 Å². The van der Waals surface area contributed by atoms with Crippen molar-refractivity contribution in [3.63, 3.8) is 0 Å². The van der Waals surface area contributed by atoms with E-state index in [1.165, 1.54) is 10.4 Å². The number of aliphatic hydroxyl groups is 1. The van der Waals surface area contributed by atoms with Crippen molar-refractivity contribution in [3.05, 3.63) is 23.8 Å². The Morgan fingerprint density at radius 3 is 2.71 bits per heavy atom. The van der Waals surface area contributed by atoms with Crippen molar-refractivity contribution >= 4 is 15.9 Å². The molecule has 0 radical (unpaired) electrons. The van der Waals surface area contributed by atoms with Crippen molar-refractivity contribution in [1.29, 1.82) is 0 Å². The fourth-order valence-electron chi connectivity index (χ4n) is 4.35. The number of hydrogen-bond donors (Lipinski definition) is 1. The number of aliphatic hydroxyl groups excluding tert-OH is 1. The lowest BCUT2D eigenvalue weighted by molar-refractivity contribution is -0.138. The number of carbonyl (C=O) groups excluding carboxylic acids is 1. The van der Waals surface area contributed by atoms with E-state index in [1.807, 2.05) is 6.92 Å². The van der Waals surface area contributed by atoms with Gasteiger partial charge >= 0.3 is 0 Å². The number of rotatable bonds is 6. The number of ether oxygens (including phenoxy) is 3. The summed E-state index contributed by atoms with van der Waals surface area (Å²) in [5.41, 5.74) is 0.594. The first-order chi connectivity index (χ1) is 16.7. The highest BCUT2D eigenvalue weighted by Gasteiger charge is 2.38. The smallest absolute Gasteiger partial charge is 0.247 e. The van der Waals surface area contributed by atoms with Gasteiger partial charge in [0.05, 0.1) is 13.2 Å². The Bertz CT molecular complexity index is 1040. The first kappa shape index (κ1) is 27.4. The summed E-state index contributed by atoms with van der Waals surface area (Å²) in [4.78, 5) is 14.7. The Hall–Kier alpha value is -2.16. The monoisotopic (exact) mass is 508 g/mol. The molecule has 9 nitrogen and oxygen atoms in total. The van der Waals surface area contributed by atoms with Crippen molar-refractivity contribution in [1.82, 2.24) is 9.21 Å². The number of amides is 1. The molecule has 1 aromatic rings. The molecule has 10 heteroatoms. The summed E-state index contributed by atoms with van der Waals surface area (Å²) in [6.07, 6.45) is 0.918. The molecule has 0 aromatic heterocycles. The second-order valence-corrected chi connectivity index (χ2v) is 11.1. The van der Waals surface area contributed by atoms with Gasteiger partial charge < -0.3 is 24.2 Å². The number of benzene rings is 1. The number of hydrogen-bond acceptors (Lipinski definition) is 7. The second kappa shape index (κ2) is 12.2. The summed E-state index contributed by atoms with van der Waals surface area (Å²) in [6.45, 7) is 5.12. The third kappa shape index (κ3) is 6.54. The van der Waals surface area contributed by atoms with Crippen LogP contribution in [0.5, 0.6) is 5.75 Å². The molecule has 0 unspecified atom stereocenters. The van der Waals surface area contributed by atoms with Crippen molar-refractivity contribution in [2.45, 2.75) is 43.7 Å². The van der Waals surface area contributed by atoms with Crippen LogP contribution in [-0.2, 0) is 24.3 Å². The summed E-state index contributed by atoms with van der Waals surface area (Å²) in [5.74, 6) is 5.71. The van der Waals surface area contributed by atoms with E-state index in [0.717, 1.165) is 0 Å². The molecule has 194 valence electrons. The van der Waals surface area contributed by atoms with Crippen LogP contribution in [0.4, 0.5) is 0 Å². The minimum absolute atomic E-state index is 0.0189. The van der Waals surface area contributed by atoms with Gasteiger partial charge in [-0.05, 0) is 38.0 Å². The Balaban J connectivity index is 1.96. The van der Waals surface area contributed by atoms with Crippen LogP contribution >= 0.6 is 0 Å². The van der Waals surface area contributed by atoms with Crippen molar-refractivity contribution in [3.8, 4) is 17.6 Å².